The number of hydrogen-bond acceptors (Lipinski definition) is 4. The Morgan fingerprint density at radius 2 is 2.47 bits per heavy atom. The standard InChI is InChI=1S/C8H13ClN4OS/c9-4-6(2-1-3-10-5-14)7-8(15)12-13-11-7/h5-6H,1-4H2,(H,10,14)(H2,11,12,13,15). The van der Waals surface area contributed by atoms with E-state index >= 15 is 0 Å². The molecule has 0 saturated heterocycles. The molecule has 84 valence electrons. The van der Waals surface area contributed by atoms with Crippen molar-refractivity contribution in [1.29, 1.82) is 0 Å². The first-order valence-electron chi connectivity index (χ1n) is 4.62. The minimum absolute atomic E-state index is 0.155. The average molecular weight is 249 g/mol. The van der Waals surface area contributed by atoms with Crippen LogP contribution in [-0.2, 0) is 4.79 Å². The van der Waals surface area contributed by atoms with Gasteiger partial charge in [-0.05, 0) is 12.8 Å². The molecule has 0 bridgehead atoms. The number of alkyl halides is 1. The van der Waals surface area contributed by atoms with Crippen molar-refractivity contribution in [2.75, 3.05) is 12.4 Å². The van der Waals surface area contributed by atoms with Crippen LogP contribution in [0.3, 0.4) is 0 Å². The first-order chi connectivity index (χ1) is 7.29. The van der Waals surface area contributed by atoms with Crippen molar-refractivity contribution in [3.05, 3.63) is 5.69 Å². The monoisotopic (exact) mass is 248 g/mol. The second kappa shape index (κ2) is 6.68. The van der Waals surface area contributed by atoms with Gasteiger partial charge < -0.3 is 5.32 Å². The summed E-state index contributed by atoms with van der Waals surface area (Å²) in [5, 5.41) is 13.4. The molecule has 5 nitrogen and oxygen atoms in total. The summed E-state index contributed by atoms with van der Waals surface area (Å²) >= 11 is 10.0. The van der Waals surface area contributed by atoms with Gasteiger partial charge in [0.2, 0.25) is 6.41 Å². The van der Waals surface area contributed by atoms with E-state index in [1.165, 1.54) is 0 Å². The lowest BCUT2D eigenvalue weighted by Gasteiger charge is -2.11. The predicted molar refractivity (Wildman–Crippen MR) is 60.4 cm³/mol. The highest BCUT2D eigenvalue weighted by molar-refractivity contribution is 7.80. The van der Waals surface area contributed by atoms with E-state index < -0.39 is 0 Å². The van der Waals surface area contributed by atoms with E-state index in [2.05, 4.69) is 33.4 Å². The number of halogens is 1. The molecule has 1 atom stereocenters. The Bertz CT molecular complexity index is 307. The Morgan fingerprint density at radius 3 is 3.00 bits per heavy atom. The van der Waals surface area contributed by atoms with Crippen LogP contribution >= 0.6 is 24.2 Å². The van der Waals surface area contributed by atoms with E-state index in [9.17, 15) is 4.79 Å². The lowest BCUT2D eigenvalue weighted by atomic mass is 10.0. The van der Waals surface area contributed by atoms with E-state index in [1.807, 2.05) is 0 Å². The smallest absolute Gasteiger partial charge is 0.207 e. The third-order valence-electron chi connectivity index (χ3n) is 2.11. The molecule has 0 radical (unpaired) electrons. The Balaban J connectivity index is 2.42. The molecule has 1 heterocycles. The predicted octanol–water partition coefficient (Wildman–Crippen LogP) is 0.942. The maximum atomic E-state index is 10.0. The van der Waals surface area contributed by atoms with Gasteiger partial charge in [0.1, 0.15) is 5.03 Å². The summed E-state index contributed by atoms with van der Waals surface area (Å²) in [5.74, 6) is 0.640. The molecule has 1 amide bonds. The number of carbonyl (C=O) groups excluding carboxylic acids is 1. The zero-order chi connectivity index (χ0) is 11.1. The Kier molecular flexibility index (Phi) is 5.49. The molecular weight excluding hydrogens is 236 g/mol. The number of nitrogens with one attached hydrogen (secondary N) is 2. The Morgan fingerprint density at radius 1 is 1.67 bits per heavy atom. The first-order valence-corrected chi connectivity index (χ1v) is 5.60. The van der Waals surface area contributed by atoms with Gasteiger partial charge in [-0.2, -0.15) is 0 Å². The van der Waals surface area contributed by atoms with Crippen LogP contribution in [0, 0.1) is 0 Å². The molecule has 2 N–H and O–H groups in total. The van der Waals surface area contributed by atoms with Crippen LogP contribution in [0.15, 0.2) is 5.03 Å². The molecule has 0 aliphatic rings. The maximum Gasteiger partial charge on any atom is 0.207 e. The van der Waals surface area contributed by atoms with Crippen molar-refractivity contribution in [1.82, 2.24) is 20.7 Å². The molecule has 0 spiro atoms. The number of hydrogen-bond donors (Lipinski definition) is 3. The van der Waals surface area contributed by atoms with Gasteiger partial charge in [0.15, 0.2) is 0 Å². The van der Waals surface area contributed by atoms with E-state index in [1.54, 1.807) is 0 Å². The molecule has 0 aliphatic carbocycles. The fraction of sp³-hybridized carbons (Fsp3) is 0.625. The third-order valence-corrected chi connectivity index (χ3v) is 2.81. The van der Waals surface area contributed by atoms with E-state index in [-0.39, 0.29) is 5.92 Å². The highest BCUT2D eigenvalue weighted by Crippen LogP contribution is 2.24. The molecule has 15 heavy (non-hydrogen) atoms. The van der Waals surface area contributed by atoms with Gasteiger partial charge >= 0.3 is 0 Å². The van der Waals surface area contributed by atoms with Gasteiger partial charge in [0.05, 0.1) is 5.69 Å². The number of H-pyrrole nitrogens is 1. The zero-order valence-electron chi connectivity index (χ0n) is 8.11. The quantitative estimate of drug-likeness (QED) is 0.291. The lowest BCUT2D eigenvalue weighted by Crippen LogP contribution is -2.14. The van der Waals surface area contributed by atoms with Crippen molar-refractivity contribution in [2.24, 2.45) is 0 Å². The molecule has 0 aromatic carbocycles. The summed E-state index contributed by atoms with van der Waals surface area (Å²) in [7, 11) is 0. The van der Waals surface area contributed by atoms with Crippen molar-refractivity contribution in [2.45, 2.75) is 23.8 Å². The summed E-state index contributed by atoms with van der Waals surface area (Å²) in [6, 6.07) is 0. The second-order valence-electron chi connectivity index (χ2n) is 3.11. The normalized spacial score (nSPS) is 12.4. The average Bonchev–Trinajstić information content (AvgIpc) is 2.65. The summed E-state index contributed by atoms with van der Waals surface area (Å²) in [6.07, 6.45) is 2.42. The lowest BCUT2D eigenvalue weighted by molar-refractivity contribution is -0.109. The van der Waals surface area contributed by atoms with Crippen LogP contribution in [0.1, 0.15) is 24.5 Å². The molecule has 1 aromatic rings. The second-order valence-corrected chi connectivity index (χ2v) is 3.85. The number of aromatic amines is 1. The Hall–Kier alpha value is -0.750. The van der Waals surface area contributed by atoms with Crippen LogP contribution in [0.2, 0.25) is 0 Å². The van der Waals surface area contributed by atoms with E-state index in [0.717, 1.165) is 18.5 Å². The first kappa shape index (κ1) is 12.3. The van der Waals surface area contributed by atoms with E-state index in [4.69, 9.17) is 11.6 Å². The van der Waals surface area contributed by atoms with Gasteiger partial charge in [-0.3, -0.25) is 9.89 Å². The van der Waals surface area contributed by atoms with Crippen LogP contribution < -0.4 is 5.32 Å². The minimum atomic E-state index is 0.155. The molecule has 0 saturated carbocycles. The zero-order valence-corrected chi connectivity index (χ0v) is 9.76. The molecule has 7 heteroatoms. The number of thiol groups is 1. The maximum absolute atomic E-state index is 10.0. The fourth-order valence-corrected chi connectivity index (χ4v) is 1.90. The summed E-state index contributed by atoms with van der Waals surface area (Å²) in [5.41, 5.74) is 0.861. The number of rotatable bonds is 7. The number of carbonyl (C=O) groups is 1. The summed E-state index contributed by atoms with van der Waals surface area (Å²) < 4.78 is 0. The summed E-state index contributed by atoms with van der Waals surface area (Å²) in [4.78, 5) is 10.0. The summed E-state index contributed by atoms with van der Waals surface area (Å²) in [6.45, 7) is 0.653. The molecule has 1 rings (SSSR count). The van der Waals surface area contributed by atoms with Gasteiger partial charge in [-0.1, -0.05) is 5.21 Å². The number of aromatic nitrogens is 3. The van der Waals surface area contributed by atoms with Crippen LogP contribution in [0.4, 0.5) is 0 Å². The topological polar surface area (TPSA) is 70.7 Å². The van der Waals surface area contributed by atoms with Gasteiger partial charge in [0.25, 0.3) is 0 Å². The van der Waals surface area contributed by atoms with Crippen molar-refractivity contribution >= 4 is 30.6 Å². The molecule has 0 fully saturated rings. The van der Waals surface area contributed by atoms with Crippen LogP contribution in [0.5, 0.6) is 0 Å². The van der Waals surface area contributed by atoms with Gasteiger partial charge in [-0.25, -0.2) is 0 Å². The van der Waals surface area contributed by atoms with Gasteiger partial charge in [-0.15, -0.1) is 29.3 Å². The SMILES string of the molecule is O=CNCCCC(CCl)c1[nH]nnc1S. The van der Waals surface area contributed by atoms with Crippen molar-refractivity contribution in [3.63, 3.8) is 0 Å². The molecule has 1 unspecified atom stereocenters. The number of amides is 1. The van der Waals surface area contributed by atoms with E-state index in [0.29, 0.717) is 23.9 Å². The van der Waals surface area contributed by atoms with Crippen LogP contribution in [0.25, 0.3) is 0 Å². The van der Waals surface area contributed by atoms with Crippen molar-refractivity contribution in [3.8, 4) is 0 Å². The Labute approximate surface area is 98.4 Å². The minimum Gasteiger partial charge on any atom is -0.359 e. The van der Waals surface area contributed by atoms with Gasteiger partial charge in [0, 0.05) is 18.3 Å². The molecular formula is C8H13ClN4OS. The van der Waals surface area contributed by atoms with Crippen molar-refractivity contribution < 1.29 is 4.79 Å². The third kappa shape index (κ3) is 3.71. The number of nitrogens with zero attached hydrogens (tertiary/aromatic N) is 2. The highest BCUT2D eigenvalue weighted by Gasteiger charge is 2.15. The largest absolute Gasteiger partial charge is 0.359 e. The molecule has 0 aliphatic heterocycles. The molecule has 1 aromatic heterocycles. The highest BCUT2D eigenvalue weighted by atomic mass is 35.5. The van der Waals surface area contributed by atoms with Crippen LogP contribution in [-0.4, -0.2) is 34.2 Å². The fourth-order valence-electron chi connectivity index (χ4n) is 1.31.